The van der Waals surface area contributed by atoms with E-state index in [1.807, 2.05) is 60.7 Å². The predicted molar refractivity (Wildman–Crippen MR) is 153 cm³/mol. The Labute approximate surface area is 233 Å². The topological polar surface area (TPSA) is 85.3 Å². The van der Waals surface area contributed by atoms with Gasteiger partial charge < -0.3 is 19.0 Å². The van der Waals surface area contributed by atoms with Crippen LogP contribution in [0.5, 0.6) is 0 Å². The predicted octanol–water partition coefficient (Wildman–Crippen LogP) is 4.88. The number of nitrogens with zero attached hydrogens (tertiary/aromatic N) is 1. The fraction of sp³-hybridized carbons (Fsp3) is 0.548. The van der Waals surface area contributed by atoms with Gasteiger partial charge in [-0.05, 0) is 48.6 Å². The molecule has 0 amide bonds. The molecule has 212 valence electrons. The van der Waals surface area contributed by atoms with E-state index >= 15 is 0 Å². The Morgan fingerprint density at radius 2 is 1.64 bits per heavy atom. The molecule has 0 aromatic heterocycles. The maximum atomic E-state index is 13.6. The highest BCUT2D eigenvalue weighted by atomic mass is 28.4. The molecule has 0 bridgehead atoms. The minimum absolute atomic E-state index is 0.0301. The standard InChI is InChI=1S/C31H43NO6Si/c1-30(2,3)39(5,6)37-21-26-24(20-27(33)38-26)25-18-13-19-32(25)28(29(34)36-4)31(35,22-14-9-7-10-15-22)23-16-11-8-12-17-23/h7-12,14-17,24-26,28,35H,13,18-21H2,1-6H3/t24-,25-,26-,28+/m1/s1. The average Bonchev–Trinajstić information content (AvgIpc) is 3.53. The number of benzene rings is 2. The van der Waals surface area contributed by atoms with Crippen molar-refractivity contribution in [1.29, 1.82) is 0 Å². The van der Waals surface area contributed by atoms with Crippen LogP contribution in [0.4, 0.5) is 0 Å². The molecule has 2 aromatic rings. The molecule has 0 aliphatic carbocycles. The number of likely N-dealkylation sites (tertiary alicyclic amines) is 1. The molecule has 7 nitrogen and oxygen atoms in total. The summed E-state index contributed by atoms with van der Waals surface area (Å²) in [5, 5.41) is 12.6. The van der Waals surface area contributed by atoms with Gasteiger partial charge in [0.1, 0.15) is 17.7 Å². The second-order valence-corrected chi connectivity index (χ2v) is 17.1. The van der Waals surface area contributed by atoms with Gasteiger partial charge >= 0.3 is 11.9 Å². The fourth-order valence-electron chi connectivity index (χ4n) is 5.80. The van der Waals surface area contributed by atoms with Gasteiger partial charge in [0.2, 0.25) is 0 Å². The molecule has 4 atom stereocenters. The summed E-state index contributed by atoms with van der Waals surface area (Å²) in [4.78, 5) is 28.3. The summed E-state index contributed by atoms with van der Waals surface area (Å²) in [6.07, 6.45) is 1.47. The van der Waals surface area contributed by atoms with Gasteiger partial charge in [0, 0.05) is 12.0 Å². The monoisotopic (exact) mass is 553 g/mol. The SMILES string of the molecule is COC(=O)[C@H](N1CCC[C@@H]1[C@H]1CC(=O)O[C@@H]1CO[Si](C)(C)C(C)(C)C)C(O)(c1ccccc1)c1ccccc1. The van der Waals surface area contributed by atoms with Crippen molar-refractivity contribution >= 4 is 20.3 Å². The third-order valence-electron chi connectivity index (χ3n) is 8.99. The van der Waals surface area contributed by atoms with Crippen LogP contribution < -0.4 is 0 Å². The van der Waals surface area contributed by atoms with Gasteiger partial charge in [-0.3, -0.25) is 14.5 Å². The zero-order valence-corrected chi connectivity index (χ0v) is 25.1. The van der Waals surface area contributed by atoms with E-state index in [1.165, 1.54) is 7.11 Å². The molecule has 39 heavy (non-hydrogen) atoms. The molecule has 0 saturated carbocycles. The van der Waals surface area contributed by atoms with Gasteiger partial charge in [0.25, 0.3) is 0 Å². The first-order valence-corrected chi connectivity index (χ1v) is 16.8. The molecule has 2 aliphatic heterocycles. The van der Waals surface area contributed by atoms with E-state index in [0.29, 0.717) is 24.3 Å². The third kappa shape index (κ3) is 5.84. The van der Waals surface area contributed by atoms with Crippen molar-refractivity contribution in [3.8, 4) is 0 Å². The lowest BCUT2D eigenvalue weighted by Crippen LogP contribution is -2.59. The lowest BCUT2D eigenvalue weighted by atomic mass is 9.78. The molecule has 8 heteroatoms. The van der Waals surface area contributed by atoms with E-state index in [9.17, 15) is 14.7 Å². The second kappa shape index (κ2) is 11.5. The Morgan fingerprint density at radius 3 is 2.15 bits per heavy atom. The van der Waals surface area contributed by atoms with Crippen molar-refractivity contribution in [1.82, 2.24) is 4.90 Å². The largest absolute Gasteiger partial charge is 0.468 e. The summed E-state index contributed by atoms with van der Waals surface area (Å²) in [6, 6.07) is 17.4. The van der Waals surface area contributed by atoms with E-state index in [0.717, 1.165) is 12.8 Å². The van der Waals surface area contributed by atoms with Crippen molar-refractivity contribution in [2.75, 3.05) is 20.3 Å². The van der Waals surface area contributed by atoms with E-state index in [-0.39, 0.29) is 29.4 Å². The van der Waals surface area contributed by atoms with Crippen LogP contribution in [-0.4, -0.2) is 68.7 Å². The van der Waals surface area contributed by atoms with Gasteiger partial charge in [0.15, 0.2) is 8.32 Å². The molecule has 2 saturated heterocycles. The molecule has 2 aromatic carbocycles. The summed E-state index contributed by atoms with van der Waals surface area (Å²) >= 11 is 0. The number of hydrogen-bond acceptors (Lipinski definition) is 7. The highest BCUT2D eigenvalue weighted by Crippen LogP contribution is 2.43. The Hall–Kier alpha value is -2.52. The number of esters is 2. The lowest BCUT2D eigenvalue weighted by molar-refractivity contribution is -0.159. The molecule has 0 spiro atoms. The number of ether oxygens (including phenoxy) is 2. The Morgan fingerprint density at radius 1 is 1.08 bits per heavy atom. The Bertz CT molecular complexity index is 1090. The molecule has 0 radical (unpaired) electrons. The van der Waals surface area contributed by atoms with Crippen LogP contribution in [0.3, 0.4) is 0 Å². The number of rotatable bonds is 9. The number of carbonyl (C=O) groups is 2. The Balaban J connectivity index is 1.72. The first kappa shape index (κ1) is 29.5. The molecule has 2 fully saturated rings. The zero-order valence-electron chi connectivity index (χ0n) is 24.1. The zero-order chi connectivity index (χ0) is 28.4. The summed E-state index contributed by atoms with van der Waals surface area (Å²) < 4.78 is 17.7. The van der Waals surface area contributed by atoms with Crippen molar-refractivity contribution < 1.29 is 28.6 Å². The van der Waals surface area contributed by atoms with Crippen LogP contribution in [-0.2, 0) is 29.1 Å². The van der Waals surface area contributed by atoms with Crippen LogP contribution >= 0.6 is 0 Å². The summed E-state index contributed by atoms with van der Waals surface area (Å²) in [5.41, 5.74) is -0.461. The lowest BCUT2D eigenvalue weighted by Gasteiger charge is -2.44. The molecule has 2 heterocycles. The van der Waals surface area contributed by atoms with Crippen molar-refractivity contribution in [2.24, 2.45) is 5.92 Å². The van der Waals surface area contributed by atoms with E-state index in [2.05, 4.69) is 38.8 Å². The highest BCUT2D eigenvalue weighted by molar-refractivity contribution is 6.74. The average molecular weight is 554 g/mol. The van der Waals surface area contributed by atoms with E-state index < -0.39 is 32.0 Å². The number of methoxy groups -OCH3 is 1. The van der Waals surface area contributed by atoms with Crippen LogP contribution in [0.2, 0.25) is 18.1 Å². The molecule has 4 rings (SSSR count). The summed E-state index contributed by atoms with van der Waals surface area (Å²) in [5.74, 6) is -0.921. The minimum Gasteiger partial charge on any atom is -0.468 e. The highest BCUT2D eigenvalue weighted by Gasteiger charge is 2.54. The van der Waals surface area contributed by atoms with Crippen LogP contribution in [0.25, 0.3) is 0 Å². The van der Waals surface area contributed by atoms with Gasteiger partial charge in [-0.2, -0.15) is 0 Å². The normalized spacial score (nSPS) is 23.5. The number of hydrogen-bond donors (Lipinski definition) is 1. The van der Waals surface area contributed by atoms with Crippen molar-refractivity contribution in [3.63, 3.8) is 0 Å². The van der Waals surface area contributed by atoms with Gasteiger partial charge in [-0.25, -0.2) is 0 Å². The summed E-state index contributed by atoms with van der Waals surface area (Å²) in [6.45, 7) is 11.9. The van der Waals surface area contributed by atoms with E-state index in [1.54, 1.807) is 0 Å². The fourth-order valence-corrected chi connectivity index (χ4v) is 6.81. The van der Waals surface area contributed by atoms with Gasteiger partial charge in [-0.15, -0.1) is 0 Å². The third-order valence-corrected chi connectivity index (χ3v) is 13.5. The van der Waals surface area contributed by atoms with Crippen LogP contribution in [0, 0.1) is 5.92 Å². The maximum absolute atomic E-state index is 13.6. The molecule has 1 N–H and O–H groups in total. The number of carbonyl (C=O) groups excluding carboxylic acids is 2. The molecular formula is C31H43NO6Si. The van der Waals surface area contributed by atoms with Crippen molar-refractivity contribution in [2.45, 2.75) is 82.0 Å². The van der Waals surface area contributed by atoms with Crippen molar-refractivity contribution in [3.05, 3.63) is 71.8 Å². The first-order valence-electron chi connectivity index (χ1n) is 13.9. The molecule has 0 unspecified atom stereocenters. The second-order valence-electron chi connectivity index (χ2n) is 12.3. The maximum Gasteiger partial charge on any atom is 0.326 e. The Kier molecular flexibility index (Phi) is 8.71. The molecule has 2 aliphatic rings. The quantitative estimate of drug-likeness (QED) is 0.350. The summed E-state index contributed by atoms with van der Waals surface area (Å²) in [7, 11) is -0.707. The van der Waals surface area contributed by atoms with Crippen LogP contribution in [0.15, 0.2) is 60.7 Å². The number of cyclic esters (lactones) is 1. The van der Waals surface area contributed by atoms with Gasteiger partial charge in [-0.1, -0.05) is 81.4 Å². The minimum atomic E-state index is -2.06. The smallest absolute Gasteiger partial charge is 0.326 e. The number of aliphatic hydroxyl groups is 1. The van der Waals surface area contributed by atoms with Crippen LogP contribution in [0.1, 0.15) is 51.2 Å². The first-order chi connectivity index (χ1) is 18.4. The van der Waals surface area contributed by atoms with E-state index in [4.69, 9.17) is 13.9 Å². The molecular weight excluding hydrogens is 510 g/mol. The van der Waals surface area contributed by atoms with Gasteiger partial charge in [0.05, 0.1) is 20.1 Å².